The number of carbonyl (C=O) groups is 2. The van der Waals surface area contributed by atoms with E-state index in [1.807, 2.05) is 0 Å². The molecule has 13 nitrogen and oxygen atoms in total. The van der Waals surface area contributed by atoms with Crippen molar-refractivity contribution in [3.05, 3.63) is 12.7 Å². The first kappa shape index (κ1) is 19.9. The van der Waals surface area contributed by atoms with E-state index < -0.39 is 49.0 Å². The van der Waals surface area contributed by atoms with Crippen molar-refractivity contribution in [2.75, 3.05) is 12.3 Å². The Kier molecular flexibility index (Phi) is 5.69. The van der Waals surface area contributed by atoms with Crippen molar-refractivity contribution in [2.24, 2.45) is 5.73 Å². The Morgan fingerprint density at radius 1 is 1.36 bits per heavy atom. The highest BCUT2D eigenvalue weighted by atomic mass is 16.5. The summed E-state index contributed by atoms with van der Waals surface area (Å²) < 4.78 is 7.11. The zero-order chi connectivity index (χ0) is 20.4. The van der Waals surface area contributed by atoms with Crippen molar-refractivity contribution < 1.29 is 29.6 Å². The number of carboxylic acid groups (broad SMARTS) is 1. The van der Waals surface area contributed by atoms with Crippen molar-refractivity contribution >= 4 is 28.9 Å². The molecule has 0 bridgehead atoms. The van der Waals surface area contributed by atoms with E-state index in [1.54, 1.807) is 0 Å². The van der Waals surface area contributed by atoms with Crippen LogP contribution in [0.5, 0.6) is 0 Å². The highest BCUT2D eigenvalue weighted by molar-refractivity contribution is 5.83. The molecule has 0 saturated carbocycles. The molecule has 0 aliphatic carbocycles. The number of nitrogens with two attached hydrogens (primary N) is 2. The number of aliphatic carboxylic acids is 1. The number of aliphatic hydroxyl groups excluding tert-OH is 2. The van der Waals surface area contributed by atoms with E-state index in [9.17, 15) is 19.8 Å². The van der Waals surface area contributed by atoms with E-state index in [0.717, 1.165) is 0 Å². The number of hydrogen-bond acceptors (Lipinski definition) is 10. The Bertz CT molecular complexity index is 874. The summed E-state index contributed by atoms with van der Waals surface area (Å²) in [5, 5.41) is 31.5. The molecule has 0 aromatic carbocycles. The van der Waals surface area contributed by atoms with Gasteiger partial charge in [-0.2, -0.15) is 0 Å². The topological polar surface area (TPSA) is 212 Å². The maximum atomic E-state index is 12.2. The second kappa shape index (κ2) is 8.02. The third-order valence-corrected chi connectivity index (χ3v) is 4.53. The average Bonchev–Trinajstić information content (AvgIpc) is 3.22. The Morgan fingerprint density at radius 2 is 2.11 bits per heavy atom. The number of rotatable bonds is 7. The molecule has 152 valence electrons. The number of nitrogens with zero attached hydrogens (tertiary/aromatic N) is 4. The number of anilines is 1. The molecule has 5 atom stereocenters. The van der Waals surface area contributed by atoms with Crippen molar-refractivity contribution in [3.8, 4) is 0 Å². The molecular formula is C15H21N7O6. The highest BCUT2D eigenvalue weighted by Crippen LogP contribution is 2.31. The predicted octanol–water partition coefficient (Wildman–Crippen LogP) is -2.66. The normalized spacial score (nSPS) is 25.7. The summed E-state index contributed by atoms with van der Waals surface area (Å²) in [5.74, 6) is -1.58. The third kappa shape index (κ3) is 3.73. The summed E-state index contributed by atoms with van der Waals surface area (Å²) in [7, 11) is 0. The van der Waals surface area contributed by atoms with Gasteiger partial charge in [-0.1, -0.05) is 0 Å². The Hall–Kier alpha value is -2.87. The quantitative estimate of drug-likeness (QED) is 0.284. The van der Waals surface area contributed by atoms with Crippen LogP contribution in [0.2, 0.25) is 0 Å². The second-order valence-corrected chi connectivity index (χ2v) is 6.39. The van der Waals surface area contributed by atoms with Crippen molar-refractivity contribution in [3.63, 3.8) is 0 Å². The van der Waals surface area contributed by atoms with Crippen LogP contribution in [0.1, 0.15) is 19.1 Å². The Labute approximate surface area is 158 Å². The number of ether oxygens (including phenoxy) is 1. The van der Waals surface area contributed by atoms with Crippen LogP contribution in [-0.2, 0) is 14.3 Å². The monoisotopic (exact) mass is 395 g/mol. The second-order valence-electron chi connectivity index (χ2n) is 6.39. The first-order valence-corrected chi connectivity index (χ1v) is 8.48. The predicted molar refractivity (Wildman–Crippen MR) is 93.5 cm³/mol. The first-order valence-electron chi connectivity index (χ1n) is 8.48. The summed E-state index contributed by atoms with van der Waals surface area (Å²) in [6, 6.07) is -2.06. The molecule has 1 fully saturated rings. The van der Waals surface area contributed by atoms with Crippen LogP contribution in [0, 0.1) is 0 Å². The maximum Gasteiger partial charge on any atom is 0.303 e. The van der Waals surface area contributed by atoms with Gasteiger partial charge in [0.25, 0.3) is 0 Å². The van der Waals surface area contributed by atoms with Gasteiger partial charge in [-0.3, -0.25) is 14.2 Å². The molecule has 3 heterocycles. The van der Waals surface area contributed by atoms with Gasteiger partial charge in [0.1, 0.15) is 24.1 Å². The van der Waals surface area contributed by atoms with Crippen LogP contribution in [0.25, 0.3) is 11.2 Å². The zero-order valence-electron chi connectivity index (χ0n) is 14.7. The number of nitrogens with one attached hydrogen (secondary N) is 1. The lowest BCUT2D eigenvalue weighted by molar-refractivity contribution is -0.137. The molecule has 1 saturated heterocycles. The number of carboxylic acids is 1. The molecule has 1 aliphatic rings. The molecule has 1 aliphatic heterocycles. The van der Waals surface area contributed by atoms with E-state index in [0.29, 0.717) is 11.2 Å². The minimum absolute atomic E-state index is 0.0690. The van der Waals surface area contributed by atoms with Crippen LogP contribution in [0.3, 0.4) is 0 Å². The van der Waals surface area contributed by atoms with Gasteiger partial charge in [0.05, 0.1) is 25.0 Å². The van der Waals surface area contributed by atoms with Crippen molar-refractivity contribution in [2.45, 2.75) is 43.4 Å². The number of aromatic nitrogens is 4. The van der Waals surface area contributed by atoms with Gasteiger partial charge in [-0.15, -0.1) is 0 Å². The van der Waals surface area contributed by atoms with Crippen LogP contribution >= 0.6 is 0 Å². The summed E-state index contributed by atoms with van der Waals surface area (Å²) in [6.07, 6.45) is -0.930. The van der Waals surface area contributed by atoms with Gasteiger partial charge in [-0.25, -0.2) is 15.0 Å². The smallest absolute Gasteiger partial charge is 0.303 e. The largest absolute Gasteiger partial charge is 0.481 e. The molecule has 3 rings (SSSR count). The van der Waals surface area contributed by atoms with E-state index in [1.165, 1.54) is 17.2 Å². The van der Waals surface area contributed by atoms with Crippen LogP contribution in [0.15, 0.2) is 12.7 Å². The minimum Gasteiger partial charge on any atom is -0.481 e. The molecule has 8 N–H and O–H groups in total. The van der Waals surface area contributed by atoms with Gasteiger partial charge >= 0.3 is 5.97 Å². The lowest BCUT2D eigenvalue weighted by Gasteiger charge is -2.22. The fourth-order valence-corrected chi connectivity index (χ4v) is 3.04. The molecule has 28 heavy (non-hydrogen) atoms. The SMILES string of the molecule is Nc1ncnc2c1ncn2C1OC(CO)C(NC(=O)C(N)CCC(=O)O)C1O. The number of hydrogen-bond donors (Lipinski definition) is 6. The van der Waals surface area contributed by atoms with Crippen LogP contribution < -0.4 is 16.8 Å². The molecule has 13 heteroatoms. The van der Waals surface area contributed by atoms with E-state index >= 15 is 0 Å². The van der Waals surface area contributed by atoms with Crippen molar-refractivity contribution in [1.29, 1.82) is 0 Å². The number of aliphatic hydroxyl groups is 2. The number of amides is 1. The average molecular weight is 395 g/mol. The standard InChI is InChI=1S/C15H21N7O6/c16-6(1-2-8(24)25)14(27)21-9-7(3-23)28-15(11(9)26)22-5-20-10-12(17)18-4-19-13(10)22/h4-7,9,11,15,23,26H,1-3,16H2,(H,21,27)(H,24,25)(H2,17,18,19). The summed E-state index contributed by atoms with van der Waals surface area (Å²) in [6.45, 7) is -0.480. The Balaban J connectivity index is 1.77. The zero-order valence-corrected chi connectivity index (χ0v) is 14.7. The molecule has 0 radical (unpaired) electrons. The maximum absolute atomic E-state index is 12.2. The third-order valence-electron chi connectivity index (χ3n) is 4.53. The summed E-state index contributed by atoms with van der Waals surface area (Å²) >= 11 is 0. The molecule has 2 aromatic heterocycles. The van der Waals surface area contributed by atoms with E-state index in [-0.39, 0.29) is 18.7 Å². The molecule has 5 unspecified atom stereocenters. The number of imidazole rings is 1. The van der Waals surface area contributed by atoms with Gasteiger partial charge in [0.15, 0.2) is 17.7 Å². The molecule has 1 amide bonds. The molecular weight excluding hydrogens is 374 g/mol. The number of carbonyl (C=O) groups excluding carboxylic acids is 1. The summed E-state index contributed by atoms with van der Waals surface area (Å²) in [5.41, 5.74) is 12.1. The number of nitrogen functional groups attached to an aromatic ring is 1. The van der Waals surface area contributed by atoms with E-state index in [4.69, 9.17) is 21.3 Å². The van der Waals surface area contributed by atoms with E-state index in [2.05, 4.69) is 20.3 Å². The van der Waals surface area contributed by atoms with Gasteiger partial charge in [-0.05, 0) is 6.42 Å². The van der Waals surface area contributed by atoms with Gasteiger partial charge in [0.2, 0.25) is 5.91 Å². The minimum atomic E-state index is -1.26. The number of fused-ring (bicyclic) bond motifs is 1. The first-order chi connectivity index (χ1) is 13.3. The van der Waals surface area contributed by atoms with Gasteiger partial charge in [0, 0.05) is 6.42 Å². The molecule has 0 spiro atoms. The van der Waals surface area contributed by atoms with Crippen molar-refractivity contribution in [1.82, 2.24) is 24.8 Å². The Morgan fingerprint density at radius 3 is 2.79 bits per heavy atom. The molecule has 2 aromatic rings. The fourth-order valence-electron chi connectivity index (χ4n) is 3.04. The van der Waals surface area contributed by atoms with Gasteiger partial charge < -0.3 is 36.8 Å². The summed E-state index contributed by atoms with van der Waals surface area (Å²) in [4.78, 5) is 34.9. The lowest BCUT2D eigenvalue weighted by Crippen LogP contribution is -2.53. The fraction of sp³-hybridized carbons (Fsp3) is 0.533. The lowest BCUT2D eigenvalue weighted by atomic mass is 10.1. The van der Waals surface area contributed by atoms with Crippen LogP contribution in [-0.4, -0.2) is 77.6 Å². The highest BCUT2D eigenvalue weighted by Gasteiger charge is 2.46. The van der Waals surface area contributed by atoms with Crippen LogP contribution in [0.4, 0.5) is 5.82 Å².